The molecule has 152 valence electrons. The van der Waals surface area contributed by atoms with Crippen molar-refractivity contribution >= 4 is 11.9 Å². The monoisotopic (exact) mass is 628 g/mol. The molecule has 6 heteroatoms. The fourth-order valence-electron chi connectivity index (χ4n) is 2.47. The molecule has 0 aromatic rings. The number of rotatable bonds is 16. The molecule has 0 unspecified atom stereocenters. The first-order chi connectivity index (χ1) is 11.5. The van der Waals surface area contributed by atoms with Gasteiger partial charge in [0.1, 0.15) is 0 Å². The van der Waals surface area contributed by atoms with Gasteiger partial charge in [-0.15, -0.1) is 0 Å². The number of unbranched alkanes of at least 4 members (excludes halogenated alkanes) is 12. The molecule has 2 N–H and O–H groups in total. The molecule has 0 aliphatic rings. The van der Waals surface area contributed by atoms with E-state index in [1.54, 1.807) is 0 Å². The van der Waals surface area contributed by atoms with Gasteiger partial charge in [0.05, 0.1) is 0 Å². The number of aliphatic carboxylic acids is 2. The fraction of sp³-hybridized carbons (Fsp3) is 0.900. The SMILES string of the molecule is CCCCCCCCCC(=O)O.CCCCCCCCCC(=O)O.[Nd].[Nd]. The van der Waals surface area contributed by atoms with Crippen LogP contribution in [0, 0.1) is 81.7 Å². The Morgan fingerprint density at radius 2 is 0.731 bits per heavy atom. The van der Waals surface area contributed by atoms with E-state index in [0.717, 1.165) is 25.7 Å². The van der Waals surface area contributed by atoms with Crippen molar-refractivity contribution in [2.24, 2.45) is 0 Å². The van der Waals surface area contributed by atoms with Crippen LogP contribution < -0.4 is 0 Å². The molecule has 0 aliphatic carbocycles. The molecular formula is C20H40Nd2O4. The molecular weight excluding hydrogens is 593 g/mol. The zero-order valence-electron chi connectivity index (χ0n) is 17.0. The van der Waals surface area contributed by atoms with Crippen LogP contribution in [0.4, 0.5) is 0 Å². The van der Waals surface area contributed by atoms with Crippen LogP contribution in [-0.4, -0.2) is 22.2 Å². The Bertz CT molecular complexity index is 259. The van der Waals surface area contributed by atoms with Crippen LogP contribution in [0.5, 0.6) is 0 Å². The number of hydrogen-bond acceptors (Lipinski definition) is 2. The fourth-order valence-corrected chi connectivity index (χ4v) is 2.47. The first-order valence-corrected chi connectivity index (χ1v) is 9.98. The average Bonchev–Trinajstić information content (AvgIpc) is 2.53. The standard InChI is InChI=1S/2C10H20O2.2Nd/c2*1-2-3-4-5-6-7-8-9-10(11)12;;/h2*2-9H2,1H3,(H,11,12);;. The predicted molar refractivity (Wildman–Crippen MR) is 100 cm³/mol. The number of carbonyl (C=O) groups is 2. The van der Waals surface area contributed by atoms with Gasteiger partial charge in [-0.1, -0.05) is 90.9 Å². The summed E-state index contributed by atoms with van der Waals surface area (Å²) in [6.45, 7) is 4.40. The first kappa shape index (κ1) is 35.1. The summed E-state index contributed by atoms with van der Waals surface area (Å²) in [5.74, 6) is -1.33. The van der Waals surface area contributed by atoms with Crippen LogP contribution in [0.25, 0.3) is 0 Å². The molecule has 26 heavy (non-hydrogen) atoms. The van der Waals surface area contributed by atoms with E-state index >= 15 is 0 Å². The van der Waals surface area contributed by atoms with Gasteiger partial charge in [0.2, 0.25) is 0 Å². The third-order valence-corrected chi connectivity index (χ3v) is 3.99. The summed E-state index contributed by atoms with van der Waals surface area (Å²) in [6, 6.07) is 0. The summed E-state index contributed by atoms with van der Waals surface area (Å²) in [5.41, 5.74) is 0. The second-order valence-corrected chi connectivity index (χ2v) is 6.53. The minimum atomic E-state index is -0.663. The van der Waals surface area contributed by atoms with E-state index in [1.165, 1.54) is 64.2 Å². The van der Waals surface area contributed by atoms with Crippen LogP contribution in [0.1, 0.15) is 117 Å². The van der Waals surface area contributed by atoms with Gasteiger partial charge >= 0.3 is 11.9 Å². The number of carboxylic acids is 2. The molecule has 0 heterocycles. The molecule has 0 aromatic heterocycles. The van der Waals surface area contributed by atoms with Gasteiger partial charge in [-0.05, 0) is 12.8 Å². The van der Waals surface area contributed by atoms with Crippen LogP contribution in [0.15, 0.2) is 0 Å². The van der Waals surface area contributed by atoms with Crippen molar-refractivity contribution in [1.29, 1.82) is 0 Å². The van der Waals surface area contributed by atoms with E-state index in [9.17, 15) is 9.59 Å². The van der Waals surface area contributed by atoms with Crippen molar-refractivity contribution in [3.63, 3.8) is 0 Å². The Morgan fingerprint density at radius 1 is 0.500 bits per heavy atom. The van der Waals surface area contributed by atoms with Crippen LogP contribution in [-0.2, 0) is 9.59 Å². The van der Waals surface area contributed by atoms with Gasteiger partial charge < -0.3 is 10.2 Å². The summed E-state index contributed by atoms with van der Waals surface area (Å²) < 4.78 is 0. The number of carboxylic acid groups (broad SMARTS) is 2. The van der Waals surface area contributed by atoms with Crippen LogP contribution in [0.2, 0.25) is 0 Å². The van der Waals surface area contributed by atoms with E-state index in [2.05, 4.69) is 13.8 Å². The summed E-state index contributed by atoms with van der Waals surface area (Å²) in [6.07, 6.45) is 17.3. The molecule has 0 spiro atoms. The molecule has 4 nitrogen and oxygen atoms in total. The predicted octanol–water partition coefficient (Wildman–Crippen LogP) is 6.42. The second kappa shape index (κ2) is 31.3. The van der Waals surface area contributed by atoms with Crippen molar-refractivity contribution in [3.8, 4) is 0 Å². The van der Waals surface area contributed by atoms with E-state index in [-0.39, 0.29) is 81.7 Å². The Labute approximate surface area is 227 Å². The Balaban J connectivity index is -0.000000173. The molecule has 0 bridgehead atoms. The minimum absolute atomic E-state index is 0. The van der Waals surface area contributed by atoms with Crippen LogP contribution >= 0.6 is 0 Å². The maximum atomic E-state index is 10.1. The van der Waals surface area contributed by atoms with E-state index in [1.807, 2.05) is 0 Å². The summed E-state index contributed by atoms with van der Waals surface area (Å²) in [5, 5.41) is 16.7. The van der Waals surface area contributed by atoms with E-state index in [0.29, 0.717) is 12.8 Å². The Kier molecular flexibility index (Phi) is 42.3. The molecule has 0 radical (unpaired) electrons. The average molecular weight is 633 g/mol. The summed E-state index contributed by atoms with van der Waals surface area (Å²) >= 11 is 0. The van der Waals surface area contributed by atoms with Gasteiger partial charge in [0.25, 0.3) is 0 Å². The third-order valence-electron chi connectivity index (χ3n) is 3.99. The van der Waals surface area contributed by atoms with Crippen LogP contribution in [0.3, 0.4) is 0 Å². The van der Waals surface area contributed by atoms with Crippen molar-refractivity contribution in [2.45, 2.75) is 117 Å². The summed E-state index contributed by atoms with van der Waals surface area (Å²) in [7, 11) is 0. The normalized spacial score (nSPS) is 9.31. The van der Waals surface area contributed by atoms with Crippen molar-refractivity contribution < 1.29 is 101 Å². The molecule has 0 saturated heterocycles. The second-order valence-electron chi connectivity index (χ2n) is 6.53. The summed E-state index contributed by atoms with van der Waals surface area (Å²) in [4.78, 5) is 20.3. The third kappa shape index (κ3) is 40.4. The van der Waals surface area contributed by atoms with Gasteiger partial charge in [-0.25, -0.2) is 0 Å². The van der Waals surface area contributed by atoms with Gasteiger partial charge in [-0.3, -0.25) is 9.59 Å². The maximum Gasteiger partial charge on any atom is 0.303 e. The Morgan fingerprint density at radius 3 is 0.962 bits per heavy atom. The molecule has 0 atom stereocenters. The largest absolute Gasteiger partial charge is 0.481 e. The number of hydrogen-bond donors (Lipinski definition) is 2. The van der Waals surface area contributed by atoms with Gasteiger partial charge in [-0.2, -0.15) is 0 Å². The molecule has 0 amide bonds. The molecule has 0 rings (SSSR count). The topological polar surface area (TPSA) is 74.6 Å². The zero-order valence-corrected chi connectivity index (χ0v) is 23.4. The van der Waals surface area contributed by atoms with Gasteiger partial charge in [0.15, 0.2) is 0 Å². The van der Waals surface area contributed by atoms with Crippen molar-refractivity contribution in [2.75, 3.05) is 0 Å². The minimum Gasteiger partial charge on any atom is -0.481 e. The Hall–Kier alpha value is 1.64. The quantitative estimate of drug-likeness (QED) is 0.193. The zero-order chi connectivity index (χ0) is 18.5. The molecule has 0 aliphatic heterocycles. The molecule has 0 aromatic carbocycles. The van der Waals surface area contributed by atoms with Crippen molar-refractivity contribution in [3.05, 3.63) is 0 Å². The van der Waals surface area contributed by atoms with Crippen molar-refractivity contribution in [1.82, 2.24) is 0 Å². The maximum absolute atomic E-state index is 10.1. The first-order valence-electron chi connectivity index (χ1n) is 9.98. The smallest absolute Gasteiger partial charge is 0.303 e. The van der Waals surface area contributed by atoms with E-state index in [4.69, 9.17) is 10.2 Å². The molecule has 0 fully saturated rings. The van der Waals surface area contributed by atoms with Gasteiger partial charge in [0, 0.05) is 94.5 Å². The molecule has 0 saturated carbocycles. The van der Waals surface area contributed by atoms with E-state index < -0.39 is 11.9 Å².